The number of amides is 1. The first kappa shape index (κ1) is 14.2. The van der Waals surface area contributed by atoms with Gasteiger partial charge in [0.25, 0.3) is 0 Å². The summed E-state index contributed by atoms with van der Waals surface area (Å²) in [6, 6.07) is 5.95. The van der Waals surface area contributed by atoms with Crippen LogP contribution in [0.15, 0.2) is 18.2 Å². The van der Waals surface area contributed by atoms with Crippen LogP contribution in [0.4, 0.5) is 11.4 Å². The molecule has 0 aliphatic carbocycles. The molecule has 0 aromatic heterocycles. The first-order valence-corrected chi connectivity index (χ1v) is 7.00. The summed E-state index contributed by atoms with van der Waals surface area (Å²) in [5.74, 6) is 0.00821. The van der Waals surface area contributed by atoms with Gasteiger partial charge in [-0.3, -0.25) is 4.79 Å². The molecule has 0 spiro atoms. The molecule has 4 nitrogen and oxygen atoms in total. The van der Waals surface area contributed by atoms with Gasteiger partial charge in [-0.2, -0.15) is 0 Å². The molecule has 1 aromatic rings. The number of halogens is 1. The smallest absolute Gasteiger partial charge is 0.224 e. The summed E-state index contributed by atoms with van der Waals surface area (Å²) in [6.07, 6.45) is 1.58. The Bertz CT molecular complexity index is 464. The molecule has 2 rings (SSSR count). The zero-order valence-corrected chi connectivity index (χ0v) is 12.1. The predicted molar refractivity (Wildman–Crippen MR) is 79.9 cm³/mol. The average Bonchev–Trinajstić information content (AvgIpc) is 2.79. The highest BCUT2D eigenvalue weighted by Crippen LogP contribution is 2.27. The van der Waals surface area contributed by atoms with E-state index in [2.05, 4.69) is 22.6 Å². The molecule has 1 unspecified atom stereocenters. The van der Waals surface area contributed by atoms with Crippen molar-refractivity contribution in [2.24, 2.45) is 0 Å². The van der Waals surface area contributed by atoms with E-state index in [1.54, 1.807) is 0 Å². The second kappa shape index (κ2) is 6.26. The maximum absolute atomic E-state index is 11.4. The lowest BCUT2D eigenvalue weighted by molar-refractivity contribution is -0.115. The van der Waals surface area contributed by atoms with Gasteiger partial charge in [-0.05, 0) is 38.2 Å². The summed E-state index contributed by atoms with van der Waals surface area (Å²) >= 11 is 6.19. The van der Waals surface area contributed by atoms with Crippen molar-refractivity contribution in [2.45, 2.75) is 25.8 Å². The minimum atomic E-state index is 0.00821. The highest BCUT2D eigenvalue weighted by Gasteiger charge is 2.19. The molecule has 1 aliphatic rings. The van der Waals surface area contributed by atoms with Crippen LogP contribution in [-0.2, 0) is 4.79 Å². The summed E-state index contributed by atoms with van der Waals surface area (Å²) in [7, 11) is 2.11. The fraction of sp³-hybridized carbons (Fsp3) is 0.500. The van der Waals surface area contributed by atoms with Crippen molar-refractivity contribution in [2.75, 3.05) is 30.8 Å². The second-order valence-electron chi connectivity index (χ2n) is 4.99. The molecule has 5 heteroatoms. The number of benzene rings is 1. The van der Waals surface area contributed by atoms with Crippen LogP contribution < -0.4 is 10.6 Å². The monoisotopic (exact) mass is 281 g/mol. The van der Waals surface area contributed by atoms with E-state index >= 15 is 0 Å². The first-order valence-electron chi connectivity index (χ1n) is 6.63. The van der Waals surface area contributed by atoms with Gasteiger partial charge in [0.05, 0.1) is 10.7 Å². The number of hydrogen-bond acceptors (Lipinski definition) is 3. The molecule has 104 valence electrons. The zero-order valence-electron chi connectivity index (χ0n) is 11.4. The van der Waals surface area contributed by atoms with Crippen molar-refractivity contribution in [3.05, 3.63) is 23.2 Å². The van der Waals surface area contributed by atoms with Gasteiger partial charge in [-0.1, -0.05) is 18.5 Å². The van der Waals surface area contributed by atoms with Gasteiger partial charge < -0.3 is 15.5 Å². The fourth-order valence-corrected chi connectivity index (χ4v) is 2.41. The number of nitrogens with zero attached hydrogens (tertiary/aromatic N) is 1. The maximum atomic E-state index is 11.4. The number of anilines is 2. The lowest BCUT2D eigenvalue weighted by Crippen LogP contribution is -2.23. The topological polar surface area (TPSA) is 44.4 Å². The van der Waals surface area contributed by atoms with E-state index in [9.17, 15) is 4.79 Å². The summed E-state index contributed by atoms with van der Waals surface area (Å²) in [5.41, 5.74) is 1.67. The number of hydrogen-bond donors (Lipinski definition) is 2. The van der Waals surface area contributed by atoms with E-state index in [0.717, 1.165) is 30.9 Å². The summed E-state index contributed by atoms with van der Waals surface area (Å²) in [4.78, 5) is 13.7. The van der Waals surface area contributed by atoms with Gasteiger partial charge in [0, 0.05) is 24.7 Å². The predicted octanol–water partition coefficient (Wildman–Crippen LogP) is 2.80. The van der Waals surface area contributed by atoms with E-state index < -0.39 is 0 Å². The molecule has 2 N–H and O–H groups in total. The Morgan fingerprint density at radius 1 is 1.53 bits per heavy atom. The Kier molecular flexibility index (Phi) is 4.66. The van der Waals surface area contributed by atoms with Gasteiger partial charge in [0.1, 0.15) is 0 Å². The van der Waals surface area contributed by atoms with E-state index in [-0.39, 0.29) is 5.91 Å². The molecule has 1 aromatic carbocycles. The standard InChI is InChI=1S/C14H20ClN3O/c1-3-14(19)17-10-4-5-12(15)13(8-10)16-11-6-7-18(2)9-11/h4-5,8,11,16H,3,6-7,9H2,1-2H3,(H,17,19). The number of likely N-dealkylation sites (N-methyl/N-ethyl adjacent to an activating group) is 1. The third kappa shape index (κ3) is 3.85. The summed E-state index contributed by atoms with van der Waals surface area (Å²) in [6.45, 7) is 3.95. The van der Waals surface area contributed by atoms with Gasteiger partial charge in [0.2, 0.25) is 5.91 Å². The largest absolute Gasteiger partial charge is 0.380 e. The molecule has 1 aliphatic heterocycles. The molecule has 19 heavy (non-hydrogen) atoms. The van der Waals surface area contributed by atoms with Crippen LogP contribution in [0.1, 0.15) is 19.8 Å². The number of rotatable bonds is 4. The minimum absolute atomic E-state index is 0.00821. The minimum Gasteiger partial charge on any atom is -0.380 e. The van der Waals surface area contributed by atoms with Crippen molar-refractivity contribution in [3.63, 3.8) is 0 Å². The highest BCUT2D eigenvalue weighted by atomic mass is 35.5. The van der Waals surface area contributed by atoms with Crippen LogP contribution >= 0.6 is 11.6 Å². The van der Waals surface area contributed by atoms with Crippen LogP contribution in [0.3, 0.4) is 0 Å². The number of nitrogens with one attached hydrogen (secondary N) is 2. The number of carbonyl (C=O) groups is 1. The Labute approximate surface area is 119 Å². The molecular formula is C14H20ClN3O. The Balaban J connectivity index is 2.06. The molecule has 1 amide bonds. The Morgan fingerprint density at radius 3 is 2.95 bits per heavy atom. The van der Waals surface area contributed by atoms with E-state index in [0.29, 0.717) is 17.5 Å². The molecule has 0 radical (unpaired) electrons. The fourth-order valence-electron chi connectivity index (χ4n) is 2.24. The third-order valence-corrected chi connectivity index (χ3v) is 3.65. The quantitative estimate of drug-likeness (QED) is 0.892. The Hall–Kier alpha value is -1.26. The average molecular weight is 282 g/mol. The first-order chi connectivity index (χ1) is 9.08. The van der Waals surface area contributed by atoms with Crippen LogP contribution in [0.2, 0.25) is 5.02 Å². The molecule has 1 heterocycles. The normalized spacial score (nSPS) is 19.4. The zero-order chi connectivity index (χ0) is 13.8. The van der Waals surface area contributed by atoms with E-state index in [1.165, 1.54) is 0 Å². The van der Waals surface area contributed by atoms with E-state index in [1.807, 2.05) is 25.1 Å². The molecule has 1 fully saturated rings. The van der Waals surface area contributed by atoms with E-state index in [4.69, 9.17) is 11.6 Å². The van der Waals surface area contributed by atoms with Gasteiger partial charge in [-0.25, -0.2) is 0 Å². The molecule has 0 saturated carbocycles. The number of likely N-dealkylation sites (tertiary alicyclic amines) is 1. The van der Waals surface area contributed by atoms with Crippen LogP contribution in [0.5, 0.6) is 0 Å². The summed E-state index contributed by atoms with van der Waals surface area (Å²) in [5, 5.41) is 6.98. The highest BCUT2D eigenvalue weighted by molar-refractivity contribution is 6.33. The molecule has 0 bridgehead atoms. The SMILES string of the molecule is CCC(=O)Nc1ccc(Cl)c(NC2CCN(C)C2)c1. The lowest BCUT2D eigenvalue weighted by Gasteiger charge is -2.16. The van der Waals surface area contributed by atoms with Gasteiger partial charge in [0.15, 0.2) is 0 Å². The number of carbonyl (C=O) groups excluding carboxylic acids is 1. The van der Waals surface area contributed by atoms with Crippen molar-refractivity contribution in [1.29, 1.82) is 0 Å². The van der Waals surface area contributed by atoms with Gasteiger partial charge >= 0.3 is 0 Å². The maximum Gasteiger partial charge on any atom is 0.224 e. The molecule has 1 atom stereocenters. The van der Waals surface area contributed by atoms with Crippen molar-refractivity contribution < 1.29 is 4.79 Å². The Morgan fingerprint density at radius 2 is 2.32 bits per heavy atom. The van der Waals surface area contributed by atoms with Crippen molar-refractivity contribution >= 4 is 28.9 Å². The third-order valence-electron chi connectivity index (χ3n) is 3.32. The van der Waals surface area contributed by atoms with Gasteiger partial charge in [-0.15, -0.1) is 0 Å². The molecular weight excluding hydrogens is 262 g/mol. The van der Waals surface area contributed by atoms with Crippen molar-refractivity contribution in [3.8, 4) is 0 Å². The van der Waals surface area contributed by atoms with Crippen LogP contribution in [0.25, 0.3) is 0 Å². The lowest BCUT2D eigenvalue weighted by atomic mass is 10.2. The van der Waals surface area contributed by atoms with Crippen LogP contribution in [0, 0.1) is 0 Å². The summed E-state index contributed by atoms with van der Waals surface area (Å²) < 4.78 is 0. The van der Waals surface area contributed by atoms with Crippen LogP contribution in [-0.4, -0.2) is 37.0 Å². The molecule has 1 saturated heterocycles. The second-order valence-corrected chi connectivity index (χ2v) is 5.40. The van der Waals surface area contributed by atoms with Crippen molar-refractivity contribution in [1.82, 2.24) is 4.90 Å².